The average Bonchev–Trinajstić information content (AvgIpc) is 2.89. The van der Waals surface area contributed by atoms with Crippen molar-refractivity contribution >= 4 is 21.7 Å². The minimum absolute atomic E-state index is 0.0340. The lowest BCUT2D eigenvalue weighted by atomic mass is 10.2. The second kappa shape index (κ2) is 12.4. The zero-order valence-corrected chi connectivity index (χ0v) is 23.6. The Labute approximate surface area is 229 Å². The van der Waals surface area contributed by atoms with Gasteiger partial charge < -0.3 is 28.7 Å². The number of carbonyl (C=O) groups is 2. The summed E-state index contributed by atoms with van der Waals surface area (Å²) in [6, 6.07) is 11.9. The monoisotopic (exact) mass is 560 g/mol. The van der Waals surface area contributed by atoms with Gasteiger partial charge in [0.05, 0.1) is 34.2 Å². The van der Waals surface area contributed by atoms with Crippen LogP contribution < -0.4 is 9.47 Å². The van der Waals surface area contributed by atoms with Gasteiger partial charge in [-0.3, -0.25) is 9.59 Å². The average molecular weight is 561 g/mol. The fourth-order valence-electron chi connectivity index (χ4n) is 4.80. The lowest BCUT2D eigenvalue weighted by Crippen LogP contribution is -2.49. The third-order valence-corrected chi connectivity index (χ3v) is 8.32. The molecule has 0 unspecified atom stereocenters. The summed E-state index contributed by atoms with van der Waals surface area (Å²) in [5.74, 6) is 0.502. The molecule has 0 radical (unpaired) electrons. The normalized spacial score (nSPS) is 23.8. The van der Waals surface area contributed by atoms with Crippen molar-refractivity contribution in [2.24, 2.45) is 0 Å². The van der Waals surface area contributed by atoms with Crippen LogP contribution in [0, 0.1) is 0 Å². The summed E-state index contributed by atoms with van der Waals surface area (Å²) >= 11 is 0. The van der Waals surface area contributed by atoms with Crippen LogP contribution in [0.25, 0.3) is 0 Å². The van der Waals surface area contributed by atoms with E-state index in [0.717, 1.165) is 0 Å². The van der Waals surface area contributed by atoms with Crippen molar-refractivity contribution in [3.8, 4) is 11.5 Å². The van der Waals surface area contributed by atoms with Gasteiger partial charge in [0, 0.05) is 26.2 Å². The Morgan fingerprint density at radius 1 is 0.667 bits per heavy atom. The smallest absolute Gasteiger partial charge is 0.260 e. The Balaban J connectivity index is 1.30. The molecule has 2 aromatic carbocycles. The molecular weight excluding hydrogens is 524 g/mol. The summed E-state index contributed by atoms with van der Waals surface area (Å²) in [5.41, 5.74) is 0. The highest BCUT2D eigenvalue weighted by atomic mass is 32.2. The lowest BCUT2D eigenvalue weighted by molar-refractivity contribution is -0.145. The second-order valence-electron chi connectivity index (χ2n) is 10.1. The topological polar surface area (TPSA) is 112 Å². The Morgan fingerprint density at radius 2 is 0.974 bits per heavy atom. The third-order valence-electron chi connectivity index (χ3n) is 6.54. The van der Waals surface area contributed by atoms with E-state index in [-0.39, 0.29) is 59.2 Å². The number of nitrogens with zero attached hydrogens (tertiary/aromatic N) is 2. The van der Waals surface area contributed by atoms with Crippen molar-refractivity contribution in [1.82, 2.24) is 9.80 Å². The minimum Gasteiger partial charge on any atom is -0.484 e. The molecule has 2 aromatic rings. The zero-order valence-electron chi connectivity index (χ0n) is 22.7. The molecule has 4 rings (SSSR count). The Kier molecular flexibility index (Phi) is 9.14. The number of sulfone groups is 1. The molecule has 2 heterocycles. The van der Waals surface area contributed by atoms with Gasteiger partial charge in [0.15, 0.2) is 13.2 Å². The molecule has 2 amide bonds. The molecule has 0 aromatic heterocycles. The maximum Gasteiger partial charge on any atom is 0.260 e. The van der Waals surface area contributed by atoms with Gasteiger partial charge in [-0.2, -0.15) is 0 Å². The first-order valence-corrected chi connectivity index (χ1v) is 14.6. The minimum atomic E-state index is -3.78. The molecule has 0 N–H and O–H groups in total. The number of hydrogen-bond acceptors (Lipinski definition) is 8. The Morgan fingerprint density at radius 3 is 1.28 bits per heavy atom. The van der Waals surface area contributed by atoms with E-state index in [1.54, 1.807) is 9.80 Å². The van der Waals surface area contributed by atoms with Crippen molar-refractivity contribution in [2.75, 3.05) is 39.4 Å². The first-order chi connectivity index (χ1) is 18.5. The SMILES string of the molecule is C[C@@H]1CN(C(=O)COc2ccc(S(=O)(=O)c3ccc(OCC(=O)N4C[C@H](C)O[C@@H](C)C4)cc3)cc2)C[C@H](C)O1. The van der Waals surface area contributed by atoms with Crippen molar-refractivity contribution in [3.63, 3.8) is 0 Å². The van der Waals surface area contributed by atoms with Crippen LogP contribution in [0.3, 0.4) is 0 Å². The number of ether oxygens (including phenoxy) is 4. The summed E-state index contributed by atoms with van der Waals surface area (Å²) in [6.07, 6.45) is -0.136. The molecule has 212 valence electrons. The van der Waals surface area contributed by atoms with E-state index in [0.29, 0.717) is 37.7 Å². The van der Waals surface area contributed by atoms with Crippen LogP contribution >= 0.6 is 0 Å². The van der Waals surface area contributed by atoms with Crippen LogP contribution in [0.2, 0.25) is 0 Å². The maximum absolute atomic E-state index is 13.1. The van der Waals surface area contributed by atoms with Gasteiger partial charge in [-0.1, -0.05) is 0 Å². The molecule has 4 atom stereocenters. The van der Waals surface area contributed by atoms with E-state index in [1.165, 1.54) is 48.5 Å². The largest absolute Gasteiger partial charge is 0.484 e. The molecule has 0 aliphatic carbocycles. The maximum atomic E-state index is 13.1. The van der Waals surface area contributed by atoms with Crippen LogP contribution in [-0.4, -0.2) is 93.8 Å². The summed E-state index contributed by atoms with van der Waals surface area (Å²) in [7, 11) is -3.78. The molecule has 2 aliphatic rings. The molecule has 0 spiro atoms. The predicted octanol–water partition coefficient (Wildman–Crippen LogP) is 2.55. The molecule has 10 nitrogen and oxygen atoms in total. The Hall–Kier alpha value is -3.15. The third kappa shape index (κ3) is 7.49. The van der Waals surface area contributed by atoms with E-state index < -0.39 is 9.84 Å². The van der Waals surface area contributed by atoms with Gasteiger partial charge in [-0.05, 0) is 76.2 Å². The van der Waals surface area contributed by atoms with Gasteiger partial charge in [-0.15, -0.1) is 0 Å². The van der Waals surface area contributed by atoms with Crippen molar-refractivity contribution in [3.05, 3.63) is 48.5 Å². The standard InChI is InChI=1S/C28H36N2O8S/c1-19-13-29(14-20(2)37-19)27(31)17-35-23-5-9-25(10-6-23)39(33,34)26-11-7-24(8-12-26)36-18-28(32)30-15-21(3)38-22(4)16-30/h5-12,19-22H,13-18H2,1-4H3/t19-,20-,21-,22+/m0/s1. The highest BCUT2D eigenvalue weighted by molar-refractivity contribution is 7.91. The number of rotatable bonds is 8. The summed E-state index contributed by atoms with van der Waals surface area (Å²) in [4.78, 5) is 28.6. The highest BCUT2D eigenvalue weighted by Gasteiger charge is 2.27. The molecule has 2 aliphatic heterocycles. The lowest BCUT2D eigenvalue weighted by Gasteiger charge is -2.35. The number of amides is 2. The van der Waals surface area contributed by atoms with E-state index >= 15 is 0 Å². The first-order valence-electron chi connectivity index (χ1n) is 13.1. The molecule has 2 saturated heterocycles. The predicted molar refractivity (Wildman–Crippen MR) is 143 cm³/mol. The molecule has 0 bridgehead atoms. The Bertz CT molecular complexity index is 1140. The quantitative estimate of drug-likeness (QED) is 0.484. The van der Waals surface area contributed by atoms with Crippen LogP contribution in [0.4, 0.5) is 0 Å². The second-order valence-corrected chi connectivity index (χ2v) is 12.1. The number of benzene rings is 2. The molecule has 2 fully saturated rings. The van der Waals surface area contributed by atoms with Crippen LogP contribution in [0.5, 0.6) is 11.5 Å². The highest BCUT2D eigenvalue weighted by Crippen LogP contribution is 2.25. The molecule has 0 saturated carbocycles. The van der Waals surface area contributed by atoms with E-state index in [9.17, 15) is 18.0 Å². The van der Waals surface area contributed by atoms with Crippen LogP contribution in [0.1, 0.15) is 27.7 Å². The van der Waals surface area contributed by atoms with Crippen molar-refractivity contribution in [2.45, 2.75) is 61.9 Å². The van der Waals surface area contributed by atoms with Crippen LogP contribution in [0.15, 0.2) is 58.3 Å². The van der Waals surface area contributed by atoms with Gasteiger partial charge in [-0.25, -0.2) is 8.42 Å². The summed E-state index contributed by atoms with van der Waals surface area (Å²) < 4.78 is 48.7. The van der Waals surface area contributed by atoms with Gasteiger partial charge in [0.1, 0.15) is 11.5 Å². The van der Waals surface area contributed by atoms with E-state index in [1.807, 2.05) is 27.7 Å². The number of carbonyl (C=O) groups excluding carboxylic acids is 2. The van der Waals surface area contributed by atoms with Crippen molar-refractivity contribution < 1.29 is 37.0 Å². The van der Waals surface area contributed by atoms with E-state index in [4.69, 9.17) is 18.9 Å². The number of morpholine rings is 2. The van der Waals surface area contributed by atoms with Crippen molar-refractivity contribution in [1.29, 1.82) is 0 Å². The van der Waals surface area contributed by atoms with E-state index in [2.05, 4.69) is 0 Å². The van der Waals surface area contributed by atoms with Gasteiger partial charge >= 0.3 is 0 Å². The van der Waals surface area contributed by atoms with Crippen LogP contribution in [-0.2, 0) is 28.9 Å². The fourth-order valence-corrected chi connectivity index (χ4v) is 6.06. The summed E-state index contributed by atoms with van der Waals surface area (Å²) in [6.45, 7) is 9.45. The fraction of sp³-hybridized carbons (Fsp3) is 0.500. The number of hydrogen-bond donors (Lipinski definition) is 0. The molecule has 39 heavy (non-hydrogen) atoms. The molecular formula is C28H36N2O8S. The molecule has 11 heteroatoms. The first kappa shape index (κ1) is 28.8. The van der Waals surface area contributed by atoms with Gasteiger partial charge in [0.25, 0.3) is 11.8 Å². The van der Waals surface area contributed by atoms with Gasteiger partial charge in [0.2, 0.25) is 9.84 Å². The zero-order chi connectivity index (χ0) is 28.2. The summed E-state index contributed by atoms with van der Waals surface area (Å²) in [5, 5.41) is 0.